The number of anilines is 1. The molecule has 0 amide bonds. The molecule has 3 aromatic rings. The predicted octanol–water partition coefficient (Wildman–Crippen LogP) is 3.79. The van der Waals surface area contributed by atoms with Crippen LogP contribution in [0.1, 0.15) is 18.4 Å². The number of hydrogen-bond acceptors (Lipinski definition) is 5. The van der Waals surface area contributed by atoms with E-state index >= 15 is 0 Å². The van der Waals surface area contributed by atoms with Crippen LogP contribution in [0.4, 0.5) is 5.69 Å². The summed E-state index contributed by atoms with van der Waals surface area (Å²) in [5, 5.41) is 10.7. The van der Waals surface area contributed by atoms with Crippen LogP contribution < -0.4 is 15.4 Å². The van der Waals surface area contributed by atoms with Gasteiger partial charge in [-0.3, -0.25) is 0 Å². The number of hydrogen-bond donors (Lipinski definition) is 2. The number of benzene rings is 2. The van der Waals surface area contributed by atoms with Crippen molar-refractivity contribution < 1.29 is 9.26 Å². The van der Waals surface area contributed by atoms with E-state index in [-0.39, 0.29) is 0 Å². The largest absolute Gasteiger partial charge is 0.497 e. The van der Waals surface area contributed by atoms with E-state index in [1.54, 1.807) is 7.11 Å². The summed E-state index contributed by atoms with van der Waals surface area (Å²) in [4.78, 5) is 4.37. The first-order chi connectivity index (χ1) is 12.7. The Labute approximate surface area is 157 Å². The minimum atomic E-state index is 0.343. The van der Waals surface area contributed by atoms with E-state index in [2.05, 4.69) is 39.8 Å². The summed E-state index contributed by atoms with van der Waals surface area (Å²) in [6.45, 7) is 2.47. The normalized spacial score (nSPS) is 10.4. The Kier molecular flexibility index (Phi) is 5.80. The van der Waals surface area contributed by atoms with Gasteiger partial charge < -0.3 is 19.9 Å². The Morgan fingerprint density at radius 2 is 2.00 bits per heavy atom. The van der Waals surface area contributed by atoms with Crippen LogP contribution in [-0.4, -0.2) is 22.4 Å². The Bertz CT molecular complexity index is 877. The SMILES string of the molecule is CCc1ccc(NC(=S)NCc2nc(-c3cccc(OC)c3)no2)cc1. The maximum atomic E-state index is 5.30. The standard InChI is InChI=1S/C19H20N4O2S/c1-3-13-7-9-15(10-8-13)21-19(26)20-12-17-22-18(23-25-17)14-5-4-6-16(11-14)24-2/h4-11H,3,12H2,1-2H3,(H2,20,21,26). The molecule has 0 saturated heterocycles. The van der Waals surface area contributed by atoms with Crippen LogP contribution in [0.2, 0.25) is 0 Å². The van der Waals surface area contributed by atoms with Crippen molar-refractivity contribution in [3.8, 4) is 17.1 Å². The van der Waals surface area contributed by atoms with Crippen molar-refractivity contribution in [3.63, 3.8) is 0 Å². The third-order valence-corrected chi connectivity index (χ3v) is 4.06. The van der Waals surface area contributed by atoms with Crippen LogP contribution in [0, 0.1) is 0 Å². The lowest BCUT2D eigenvalue weighted by molar-refractivity contribution is 0.376. The number of rotatable bonds is 6. The number of ether oxygens (including phenoxy) is 1. The lowest BCUT2D eigenvalue weighted by Crippen LogP contribution is -2.28. The average molecular weight is 368 g/mol. The maximum Gasteiger partial charge on any atom is 0.246 e. The lowest BCUT2D eigenvalue weighted by atomic mass is 10.1. The van der Waals surface area contributed by atoms with Crippen LogP contribution >= 0.6 is 12.2 Å². The second-order valence-electron chi connectivity index (χ2n) is 5.60. The number of nitrogens with zero attached hydrogens (tertiary/aromatic N) is 2. The third kappa shape index (κ3) is 4.58. The number of nitrogens with one attached hydrogen (secondary N) is 2. The molecule has 0 spiro atoms. The molecule has 0 aliphatic carbocycles. The van der Waals surface area contributed by atoms with Crippen LogP contribution in [0.3, 0.4) is 0 Å². The summed E-state index contributed by atoms with van der Waals surface area (Å²) >= 11 is 5.30. The highest BCUT2D eigenvalue weighted by Crippen LogP contribution is 2.21. The molecule has 2 aromatic carbocycles. The van der Waals surface area contributed by atoms with E-state index in [9.17, 15) is 0 Å². The van der Waals surface area contributed by atoms with E-state index in [0.717, 1.165) is 23.4 Å². The Morgan fingerprint density at radius 1 is 1.19 bits per heavy atom. The molecule has 7 heteroatoms. The number of aryl methyl sites for hydroxylation is 1. The lowest BCUT2D eigenvalue weighted by Gasteiger charge is -2.09. The summed E-state index contributed by atoms with van der Waals surface area (Å²) in [6, 6.07) is 15.6. The molecular formula is C19H20N4O2S. The topological polar surface area (TPSA) is 72.2 Å². The van der Waals surface area contributed by atoms with Crippen molar-refractivity contribution in [2.45, 2.75) is 19.9 Å². The van der Waals surface area contributed by atoms with Crippen molar-refractivity contribution >= 4 is 23.0 Å². The molecule has 0 aliphatic heterocycles. The second-order valence-corrected chi connectivity index (χ2v) is 6.01. The van der Waals surface area contributed by atoms with Gasteiger partial charge in [-0.05, 0) is 48.5 Å². The van der Waals surface area contributed by atoms with Crippen molar-refractivity contribution in [2.75, 3.05) is 12.4 Å². The molecule has 0 saturated carbocycles. The minimum Gasteiger partial charge on any atom is -0.497 e. The third-order valence-electron chi connectivity index (χ3n) is 3.82. The zero-order chi connectivity index (χ0) is 18.4. The molecule has 1 aromatic heterocycles. The van der Waals surface area contributed by atoms with E-state index in [1.165, 1.54) is 5.56 Å². The minimum absolute atomic E-state index is 0.343. The highest BCUT2D eigenvalue weighted by atomic mass is 32.1. The van der Waals surface area contributed by atoms with Gasteiger partial charge in [0, 0.05) is 11.3 Å². The van der Waals surface area contributed by atoms with Crippen LogP contribution in [0.15, 0.2) is 53.1 Å². The summed E-state index contributed by atoms with van der Waals surface area (Å²) in [5.74, 6) is 1.70. The number of aromatic nitrogens is 2. The molecule has 2 N–H and O–H groups in total. The van der Waals surface area contributed by atoms with Crippen molar-refractivity contribution in [1.82, 2.24) is 15.5 Å². The number of thiocarbonyl (C=S) groups is 1. The molecule has 6 nitrogen and oxygen atoms in total. The highest BCUT2D eigenvalue weighted by Gasteiger charge is 2.10. The Morgan fingerprint density at radius 3 is 2.73 bits per heavy atom. The zero-order valence-corrected chi connectivity index (χ0v) is 15.5. The Hall–Kier alpha value is -2.93. The van der Waals surface area contributed by atoms with E-state index < -0.39 is 0 Å². The fourth-order valence-corrected chi connectivity index (χ4v) is 2.55. The average Bonchev–Trinajstić information content (AvgIpc) is 3.16. The smallest absolute Gasteiger partial charge is 0.246 e. The van der Waals surface area contributed by atoms with Crippen LogP contribution in [-0.2, 0) is 13.0 Å². The summed E-state index contributed by atoms with van der Waals surface area (Å²) in [7, 11) is 1.62. The molecular weight excluding hydrogens is 348 g/mol. The first kappa shape index (κ1) is 17.9. The maximum absolute atomic E-state index is 5.30. The van der Waals surface area contributed by atoms with Gasteiger partial charge in [-0.2, -0.15) is 4.98 Å². The van der Waals surface area contributed by atoms with E-state index in [0.29, 0.717) is 23.4 Å². The molecule has 26 heavy (non-hydrogen) atoms. The molecule has 0 bridgehead atoms. The van der Waals surface area contributed by atoms with E-state index in [1.807, 2.05) is 36.4 Å². The quantitative estimate of drug-likeness (QED) is 0.641. The van der Waals surface area contributed by atoms with Gasteiger partial charge in [-0.15, -0.1) is 0 Å². The van der Waals surface area contributed by atoms with Gasteiger partial charge in [0.05, 0.1) is 13.7 Å². The zero-order valence-electron chi connectivity index (χ0n) is 14.7. The predicted molar refractivity (Wildman–Crippen MR) is 105 cm³/mol. The summed E-state index contributed by atoms with van der Waals surface area (Å²) in [6.07, 6.45) is 1.01. The number of methoxy groups -OCH3 is 1. The monoisotopic (exact) mass is 368 g/mol. The first-order valence-electron chi connectivity index (χ1n) is 8.28. The van der Waals surface area contributed by atoms with Gasteiger partial charge in [-0.1, -0.05) is 36.3 Å². The second kappa shape index (κ2) is 8.44. The van der Waals surface area contributed by atoms with Crippen LogP contribution in [0.5, 0.6) is 5.75 Å². The molecule has 1 heterocycles. The fourth-order valence-electron chi connectivity index (χ4n) is 2.36. The Balaban J connectivity index is 1.56. The van der Waals surface area contributed by atoms with Gasteiger partial charge in [0.15, 0.2) is 5.11 Å². The first-order valence-corrected chi connectivity index (χ1v) is 8.69. The van der Waals surface area contributed by atoms with Crippen molar-refractivity contribution in [1.29, 1.82) is 0 Å². The highest BCUT2D eigenvalue weighted by molar-refractivity contribution is 7.80. The molecule has 0 atom stereocenters. The molecule has 0 unspecified atom stereocenters. The van der Waals surface area contributed by atoms with Gasteiger partial charge in [-0.25, -0.2) is 0 Å². The summed E-state index contributed by atoms with van der Waals surface area (Å²) in [5.41, 5.74) is 3.05. The van der Waals surface area contributed by atoms with E-state index in [4.69, 9.17) is 21.5 Å². The van der Waals surface area contributed by atoms with Crippen LogP contribution in [0.25, 0.3) is 11.4 Å². The van der Waals surface area contributed by atoms with Gasteiger partial charge >= 0.3 is 0 Å². The molecule has 0 fully saturated rings. The molecule has 0 aliphatic rings. The van der Waals surface area contributed by atoms with Gasteiger partial charge in [0.2, 0.25) is 11.7 Å². The molecule has 0 radical (unpaired) electrons. The summed E-state index contributed by atoms with van der Waals surface area (Å²) < 4.78 is 10.5. The van der Waals surface area contributed by atoms with Crippen molar-refractivity contribution in [3.05, 3.63) is 60.0 Å². The van der Waals surface area contributed by atoms with Gasteiger partial charge in [0.25, 0.3) is 0 Å². The van der Waals surface area contributed by atoms with Gasteiger partial charge in [0.1, 0.15) is 5.75 Å². The van der Waals surface area contributed by atoms with Crippen molar-refractivity contribution in [2.24, 2.45) is 0 Å². The molecule has 134 valence electrons. The molecule has 3 rings (SSSR count). The fraction of sp³-hybridized carbons (Fsp3) is 0.211.